The molecule has 6 nitrogen and oxygen atoms in total. The molecule has 0 unspecified atom stereocenters. The quantitative estimate of drug-likeness (QED) is 0.559. The van der Waals surface area contributed by atoms with Crippen molar-refractivity contribution in [3.05, 3.63) is 70.1 Å². The summed E-state index contributed by atoms with van der Waals surface area (Å²) in [6.07, 6.45) is -3.55. The summed E-state index contributed by atoms with van der Waals surface area (Å²) in [7, 11) is 0. The summed E-state index contributed by atoms with van der Waals surface area (Å²) in [5.41, 5.74) is 2.68. The molecule has 3 aromatic rings. The Labute approximate surface area is 177 Å². The van der Waals surface area contributed by atoms with E-state index in [0.717, 1.165) is 17.5 Å². The number of halogens is 3. The maximum absolute atomic E-state index is 12.7. The molecule has 3 rings (SSSR count). The Kier molecular flexibility index (Phi) is 7.17. The van der Waals surface area contributed by atoms with E-state index in [1.807, 2.05) is 31.2 Å². The number of imidazole rings is 1. The van der Waals surface area contributed by atoms with Crippen LogP contribution in [0, 0.1) is 0 Å². The Balaban J connectivity index is 1.58. The van der Waals surface area contributed by atoms with Crippen LogP contribution in [0.15, 0.2) is 53.3 Å². The minimum Gasteiger partial charge on any atom is -0.367 e. The number of aryl methyl sites for hydroxylation is 1. The number of fused-ring (bicyclic) bond motifs is 1. The number of para-hydroxylation sites is 2. The second-order valence-corrected chi connectivity index (χ2v) is 7.21. The third-order valence-corrected chi connectivity index (χ3v) is 4.72. The molecule has 31 heavy (non-hydrogen) atoms. The third-order valence-electron chi connectivity index (χ3n) is 4.72. The Morgan fingerprint density at radius 3 is 2.23 bits per heavy atom. The first-order valence-corrected chi connectivity index (χ1v) is 9.95. The number of ether oxygens (including phenoxy) is 1. The van der Waals surface area contributed by atoms with Crippen molar-refractivity contribution in [2.24, 2.45) is 0 Å². The molecule has 0 atom stereocenters. The number of aromatic nitrogens is 2. The molecule has 1 heterocycles. The van der Waals surface area contributed by atoms with Crippen molar-refractivity contribution in [2.45, 2.75) is 45.8 Å². The van der Waals surface area contributed by atoms with E-state index in [4.69, 9.17) is 0 Å². The predicted octanol–water partition coefficient (Wildman–Crippen LogP) is 3.61. The summed E-state index contributed by atoms with van der Waals surface area (Å²) in [6.45, 7) is 1.27. The zero-order valence-corrected chi connectivity index (χ0v) is 17.1. The highest BCUT2D eigenvalue weighted by Crippen LogP contribution is 2.16. The Bertz CT molecular complexity index is 1090. The monoisotopic (exact) mass is 435 g/mol. The highest BCUT2D eigenvalue weighted by atomic mass is 19.4. The first kappa shape index (κ1) is 22.6. The fourth-order valence-electron chi connectivity index (χ4n) is 3.30. The summed E-state index contributed by atoms with van der Waals surface area (Å²) in [5, 5.41) is 2.78. The van der Waals surface area contributed by atoms with Gasteiger partial charge in [0.05, 0.1) is 17.6 Å². The number of hydrogen-bond acceptors (Lipinski definition) is 3. The van der Waals surface area contributed by atoms with Crippen molar-refractivity contribution < 1.29 is 22.7 Å². The van der Waals surface area contributed by atoms with Gasteiger partial charge in [0.2, 0.25) is 5.91 Å². The van der Waals surface area contributed by atoms with Gasteiger partial charge in [-0.25, -0.2) is 4.79 Å². The summed E-state index contributed by atoms with van der Waals surface area (Å²) < 4.78 is 44.1. The van der Waals surface area contributed by atoms with E-state index >= 15 is 0 Å². The average Bonchev–Trinajstić information content (AvgIpc) is 2.99. The second-order valence-electron chi connectivity index (χ2n) is 7.21. The van der Waals surface area contributed by atoms with Crippen LogP contribution in [0.5, 0.6) is 0 Å². The summed E-state index contributed by atoms with van der Waals surface area (Å²) in [5.74, 6) is -0.306. The Morgan fingerprint density at radius 2 is 1.61 bits per heavy atom. The summed E-state index contributed by atoms with van der Waals surface area (Å²) >= 11 is 0. The molecule has 166 valence electrons. The van der Waals surface area contributed by atoms with Crippen molar-refractivity contribution in [1.29, 1.82) is 0 Å². The van der Waals surface area contributed by atoms with Crippen LogP contribution in [0.3, 0.4) is 0 Å². The SMILES string of the molecule is CCCn1c(=O)n(CC(=O)NCc2ccc(COCC(F)(F)F)cc2)c2ccccc21. The van der Waals surface area contributed by atoms with E-state index in [2.05, 4.69) is 10.1 Å². The van der Waals surface area contributed by atoms with Crippen LogP contribution in [-0.2, 0) is 35.8 Å². The van der Waals surface area contributed by atoms with Crippen molar-refractivity contribution in [1.82, 2.24) is 14.5 Å². The first-order valence-electron chi connectivity index (χ1n) is 9.95. The number of rotatable bonds is 9. The summed E-state index contributed by atoms with van der Waals surface area (Å²) in [4.78, 5) is 25.2. The highest BCUT2D eigenvalue weighted by molar-refractivity contribution is 5.80. The minimum atomic E-state index is -4.35. The first-order chi connectivity index (χ1) is 14.8. The van der Waals surface area contributed by atoms with E-state index in [1.54, 1.807) is 28.8 Å². The van der Waals surface area contributed by atoms with E-state index in [0.29, 0.717) is 17.6 Å². The van der Waals surface area contributed by atoms with E-state index in [9.17, 15) is 22.8 Å². The molecule has 0 saturated heterocycles. The Morgan fingerprint density at radius 1 is 1.00 bits per heavy atom. The molecule has 0 saturated carbocycles. The van der Waals surface area contributed by atoms with Crippen LogP contribution in [0.2, 0.25) is 0 Å². The molecule has 1 amide bonds. The molecular formula is C22H24F3N3O3. The maximum atomic E-state index is 12.7. The zero-order chi connectivity index (χ0) is 22.4. The van der Waals surface area contributed by atoms with Crippen molar-refractivity contribution in [3.8, 4) is 0 Å². The normalized spacial score (nSPS) is 11.7. The zero-order valence-electron chi connectivity index (χ0n) is 17.1. The van der Waals surface area contributed by atoms with Crippen LogP contribution < -0.4 is 11.0 Å². The Hall–Kier alpha value is -3.07. The molecule has 2 aromatic carbocycles. The average molecular weight is 435 g/mol. The molecule has 0 aliphatic rings. The molecule has 0 spiro atoms. The van der Waals surface area contributed by atoms with E-state index in [1.165, 1.54) is 4.57 Å². The molecule has 9 heteroatoms. The number of alkyl halides is 3. The number of carbonyl (C=O) groups excluding carboxylic acids is 1. The molecule has 0 aliphatic heterocycles. The molecule has 0 radical (unpaired) electrons. The topological polar surface area (TPSA) is 65.3 Å². The third kappa shape index (κ3) is 5.97. The molecule has 0 aliphatic carbocycles. The smallest absolute Gasteiger partial charge is 0.367 e. The number of carbonyl (C=O) groups is 1. The lowest BCUT2D eigenvalue weighted by Gasteiger charge is -2.09. The van der Waals surface area contributed by atoms with Gasteiger partial charge in [-0.3, -0.25) is 13.9 Å². The van der Waals surface area contributed by atoms with Gasteiger partial charge in [0.25, 0.3) is 0 Å². The highest BCUT2D eigenvalue weighted by Gasteiger charge is 2.27. The fourth-order valence-corrected chi connectivity index (χ4v) is 3.30. The van der Waals surface area contributed by atoms with Crippen LogP contribution in [0.1, 0.15) is 24.5 Å². The standard InChI is InChI=1S/C22H24F3N3O3/c1-2-11-27-18-5-3-4-6-19(18)28(21(27)30)13-20(29)26-12-16-7-9-17(10-8-16)14-31-15-22(23,24)25/h3-10H,2,11-15H2,1H3,(H,26,29). The van der Waals surface area contributed by atoms with Gasteiger partial charge in [-0.15, -0.1) is 0 Å². The number of nitrogens with zero attached hydrogens (tertiary/aromatic N) is 2. The summed E-state index contributed by atoms with van der Waals surface area (Å²) in [6, 6.07) is 14.1. The number of hydrogen-bond donors (Lipinski definition) is 1. The number of nitrogens with one attached hydrogen (secondary N) is 1. The van der Waals surface area contributed by atoms with Crippen molar-refractivity contribution >= 4 is 16.9 Å². The number of benzene rings is 2. The van der Waals surface area contributed by atoms with Crippen LogP contribution in [-0.4, -0.2) is 27.8 Å². The molecule has 0 fully saturated rings. The molecular weight excluding hydrogens is 411 g/mol. The lowest BCUT2D eigenvalue weighted by Crippen LogP contribution is -2.32. The van der Waals surface area contributed by atoms with Gasteiger partial charge in [-0.1, -0.05) is 43.3 Å². The van der Waals surface area contributed by atoms with Crippen molar-refractivity contribution in [3.63, 3.8) is 0 Å². The van der Waals surface area contributed by atoms with Gasteiger partial charge >= 0.3 is 11.9 Å². The maximum Gasteiger partial charge on any atom is 0.411 e. The predicted molar refractivity (Wildman–Crippen MR) is 110 cm³/mol. The van der Waals surface area contributed by atoms with Gasteiger partial charge in [-0.05, 0) is 29.7 Å². The fraction of sp³-hybridized carbons (Fsp3) is 0.364. The van der Waals surface area contributed by atoms with Gasteiger partial charge in [0, 0.05) is 13.1 Å². The van der Waals surface area contributed by atoms with Gasteiger partial charge in [0.15, 0.2) is 0 Å². The second kappa shape index (κ2) is 9.82. The molecule has 0 bridgehead atoms. The van der Waals surface area contributed by atoms with Crippen LogP contribution in [0.25, 0.3) is 11.0 Å². The molecule has 1 N–H and O–H groups in total. The minimum absolute atomic E-state index is 0.0978. The van der Waals surface area contributed by atoms with Crippen LogP contribution >= 0.6 is 0 Å². The van der Waals surface area contributed by atoms with Gasteiger partial charge in [-0.2, -0.15) is 13.2 Å². The van der Waals surface area contributed by atoms with Gasteiger partial charge in [0.1, 0.15) is 13.2 Å². The van der Waals surface area contributed by atoms with Crippen molar-refractivity contribution in [2.75, 3.05) is 6.61 Å². The van der Waals surface area contributed by atoms with E-state index < -0.39 is 12.8 Å². The lowest BCUT2D eigenvalue weighted by atomic mass is 10.1. The van der Waals surface area contributed by atoms with Crippen LogP contribution in [0.4, 0.5) is 13.2 Å². The van der Waals surface area contributed by atoms with E-state index in [-0.39, 0.29) is 31.3 Å². The largest absolute Gasteiger partial charge is 0.411 e. The number of amides is 1. The molecule has 1 aromatic heterocycles. The van der Waals surface area contributed by atoms with Gasteiger partial charge < -0.3 is 10.1 Å². The lowest BCUT2D eigenvalue weighted by molar-refractivity contribution is -0.176.